The van der Waals surface area contributed by atoms with Gasteiger partial charge in [0.25, 0.3) is 0 Å². The lowest BCUT2D eigenvalue weighted by molar-refractivity contribution is 0.0698. The van der Waals surface area contributed by atoms with Gasteiger partial charge in [0, 0.05) is 6.07 Å². The molecule has 6 heteroatoms. The van der Waals surface area contributed by atoms with Crippen molar-refractivity contribution in [2.75, 3.05) is 0 Å². The molecule has 2 aromatic heterocycles. The lowest BCUT2D eigenvalue weighted by atomic mass is 10.2. The lowest BCUT2D eigenvalue weighted by Gasteiger charge is -2.06. The van der Waals surface area contributed by atoms with Crippen LogP contribution >= 0.6 is 0 Å². The SMILES string of the molecule is Cc1cc(Cn2c(C)nc3cccc(C(=O)O)c32)on1. The zero-order valence-corrected chi connectivity index (χ0v) is 11.1. The summed E-state index contributed by atoms with van der Waals surface area (Å²) in [5.74, 6) is 0.443. The number of carbonyl (C=O) groups is 1. The van der Waals surface area contributed by atoms with Crippen molar-refractivity contribution in [1.82, 2.24) is 14.7 Å². The molecule has 0 amide bonds. The second-order valence-corrected chi connectivity index (χ2v) is 4.66. The summed E-state index contributed by atoms with van der Waals surface area (Å²) in [6.07, 6.45) is 0. The molecule has 0 atom stereocenters. The minimum atomic E-state index is -0.967. The van der Waals surface area contributed by atoms with E-state index in [1.165, 1.54) is 0 Å². The smallest absolute Gasteiger partial charge is 0.337 e. The van der Waals surface area contributed by atoms with Gasteiger partial charge in [0.15, 0.2) is 5.76 Å². The third kappa shape index (κ3) is 1.95. The maximum absolute atomic E-state index is 11.4. The fraction of sp³-hybridized carbons (Fsp3) is 0.214. The molecule has 0 aliphatic rings. The molecule has 0 aliphatic heterocycles. The van der Waals surface area contributed by atoms with Crippen LogP contribution < -0.4 is 0 Å². The van der Waals surface area contributed by atoms with Crippen LogP contribution in [-0.4, -0.2) is 25.8 Å². The molecule has 0 saturated heterocycles. The maximum atomic E-state index is 11.4. The van der Waals surface area contributed by atoms with E-state index in [9.17, 15) is 9.90 Å². The molecule has 1 aromatic carbocycles. The van der Waals surface area contributed by atoms with Crippen LogP contribution in [0.4, 0.5) is 0 Å². The molecule has 0 radical (unpaired) electrons. The van der Waals surface area contributed by atoms with Crippen molar-refractivity contribution in [3.05, 3.63) is 47.1 Å². The lowest BCUT2D eigenvalue weighted by Crippen LogP contribution is -2.05. The summed E-state index contributed by atoms with van der Waals surface area (Å²) in [7, 11) is 0. The van der Waals surface area contributed by atoms with E-state index in [1.54, 1.807) is 18.2 Å². The van der Waals surface area contributed by atoms with E-state index in [0.29, 0.717) is 23.3 Å². The number of nitrogens with zero attached hydrogens (tertiary/aromatic N) is 3. The molecule has 0 aliphatic carbocycles. The number of hydrogen-bond donors (Lipinski definition) is 1. The predicted octanol–water partition coefficient (Wildman–Crippen LogP) is 2.39. The zero-order chi connectivity index (χ0) is 14.3. The molecule has 6 nitrogen and oxygen atoms in total. The minimum absolute atomic E-state index is 0.235. The van der Waals surface area contributed by atoms with E-state index in [1.807, 2.05) is 24.5 Å². The van der Waals surface area contributed by atoms with Crippen LogP contribution in [0, 0.1) is 13.8 Å². The van der Waals surface area contributed by atoms with Crippen LogP contribution in [0.1, 0.15) is 27.6 Å². The van der Waals surface area contributed by atoms with Crippen LogP contribution in [0.25, 0.3) is 11.0 Å². The molecule has 3 aromatic rings. The van der Waals surface area contributed by atoms with Crippen molar-refractivity contribution >= 4 is 17.0 Å². The number of aryl methyl sites for hydroxylation is 2. The Morgan fingerprint density at radius 1 is 1.40 bits per heavy atom. The summed E-state index contributed by atoms with van der Waals surface area (Å²) >= 11 is 0. The van der Waals surface area contributed by atoms with Gasteiger partial charge in [-0.3, -0.25) is 0 Å². The van der Waals surface area contributed by atoms with E-state index in [4.69, 9.17) is 4.52 Å². The maximum Gasteiger partial charge on any atom is 0.337 e. The summed E-state index contributed by atoms with van der Waals surface area (Å²) in [5.41, 5.74) is 2.30. The first kappa shape index (κ1) is 12.4. The van der Waals surface area contributed by atoms with Crippen molar-refractivity contribution in [3.63, 3.8) is 0 Å². The van der Waals surface area contributed by atoms with Crippen molar-refractivity contribution in [3.8, 4) is 0 Å². The summed E-state index contributed by atoms with van der Waals surface area (Å²) in [6.45, 7) is 4.09. The first-order valence-electron chi connectivity index (χ1n) is 6.17. The van der Waals surface area contributed by atoms with Gasteiger partial charge in [-0.1, -0.05) is 11.2 Å². The Labute approximate surface area is 114 Å². The molecule has 2 heterocycles. The summed E-state index contributed by atoms with van der Waals surface area (Å²) in [4.78, 5) is 15.8. The third-order valence-electron chi connectivity index (χ3n) is 3.18. The number of aromatic nitrogens is 3. The number of imidazole rings is 1. The number of para-hydroxylation sites is 1. The largest absolute Gasteiger partial charge is 0.478 e. The summed E-state index contributed by atoms with van der Waals surface area (Å²) in [5, 5.41) is 13.1. The van der Waals surface area contributed by atoms with E-state index in [2.05, 4.69) is 10.1 Å². The molecule has 0 bridgehead atoms. The van der Waals surface area contributed by atoms with Gasteiger partial charge in [-0.25, -0.2) is 9.78 Å². The van der Waals surface area contributed by atoms with Gasteiger partial charge in [-0.15, -0.1) is 0 Å². The highest BCUT2D eigenvalue weighted by molar-refractivity contribution is 6.01. The van der Waals surface area contributed by atoms with Crippen molar-refractivity contribution in [2.24, 2.45) is 0 Å². The predicted molar refractivity (Wildman–Crippen MR) is 71.8 cm³/mol. The Kier molecular flexibility index (Phi) is 2.78. The van der Waals surface area contributed by atoms with Crippen molar-refractivity contribution in [2.45, 2.75) is 20.4 Å². The molecule has 0 saturated carbocycles. The highest BCUT2D eigenvalue weighted by Gasteiger charge is 2.16. The number of carboxylic acid groups (broad SMARTS) is 1. The average molecular weight is 271 g/mol. The first-order chi connectivity index (χ1) is 9.56. The Morgan fingerprint density at radius 3 is 2.85 bits per heavy atom. The van der Waals surface area contributed by atoms with Gasteiger partial charge in [-0.2, -0.15) is 0 Å². The van der Waals surface area contributed by atoms with Crippen molar-refractivity contribution in [1.29, 1.82) is 0 Å². The summed E-state index contributed by atoms with van der Waals surface area (Å²) in [6, 6.07) is 6.90. The van der Waals surface area contributed by atoms with Gasteiger partial charge in [0.1, 0.15) is 5.82 Å². The van der Waals surface area contributed by atoms with Gasteiger partial charge in [-0.05, 0) is 26.0 Å². The molecular formula is C14H13N3O3. The molecule has 3 rings (SSSR count). The van der Waals surface area contributed by atoms with Gasteiger partial charge in [0.05, 0.1) is 28.8 Å². The quantitative estimate of drug-likeness (QED) is 0.791. The van der Waals surface area contributed by atoms with Crippen LogP contribution in [0.2, 0.25) is 0 Å². The average Bonchev–Trinajstić information content (AvgIpc) is 2.94. The van der Waals surface area contributed by atoms with E-state index < -0.39 is 5.97 Å². The molecule has 0 spiro atoms. The van der Waals surface area contributed by atoms with Crippen LogP contribution in [0.5, 0.6) is 0 Å². The highest BCUT2D eigenvalue weighted by Crippen LogP contribution is 2.22. The second-order valence-electron chi connectivity index (χ2n) is 4.66. The van der Waals surface area contributed by atoms with Crippen molar-refractivity contribution < 1.29 is 14.4 Å². The molecule has 0 fully saturated rings. The zero-order valence-electron chi connectivity index (χ0n) is 11.1. The van der Waals surface area contributed by atoms with E-state index >= 15 is 0 Å². The highest BCUT2D eigenvalue weighted by atomic mass is 16.5. The normalized spacial score (nSPS) is 11.1. The topological polar surface area (TPSA) is 81.2 Å². The number of fused-ring (bicyclic) bond motifs is 1. The number of rotatable bonds is 3. The Morgan fingerprint density at radius 2 is 2.20 bits per heavy atom. The molecular weight excluding hydrogens is 258 g/mol. The Balaban J connectivity index is 2.18. The van der Waals surface area contributed by atoms with E-state index in [-0.39, 0.29) is 5.56 Å². The standard InChI is InChI=1S/C14H13N3O3/c1-8-6-10(20-16-8)7-17-9(2)15-12-5-3-4-11(13(12)17)14(18)19/h3-6H,7H2,1-2H3,(H,18,19). The van der Waals surface area contributed by atoms with Crippen LogP contribution in [0.3, 0.4) is 0 Å². The Bertz CT molecular complexity index is 801. The molecule has 102 valence electrons. The molecule has 0 unspecified atom stereocenters. The minimum Gasteiger partial charge on any atom is -0.478 e. The number of benzene rings is 1. The number of hydrogen-bond acceptors (Lipinski definition) is 4. The van der Waals surface area contributed by atoms with Gasteiger partial charge < -0.3 is 14.2 Å². The Hall–Kier alpha value is -2.63. The first-order valence-corrected chi connectivity index (χ1v) is 6.17. The monoisotopic (exact) mass is 271 g/mol. The molecule has 20 heavy (non-hydrogen) atoms. The number of aromatic carboxylic acids is 1. The van der Waals surface area contributed by atoms with Gasteiger partial charge in [0.2, 0.25) is 0 Å². The van der Waals surface area contributed by atoms with Gasteiger partial charge >= 0.3 is 5.97 Å². The fourth-order valence-electron chi connectivity index (χ4n) is 2.31. The van der Waals surface area contributed by atoms with Crippen LogP contribution in [0.15, 0.2) is 28.8 Å². The van der Waals surface area contributed by atoms with Crippen LogP contribution in [-0.2, 0) is 6.54 Å². The van der Waals surface area contributed by atoms with E-state index in [0.717, 1.165) is 11.5 Å². The fourth-order valence-corrected chi connectivity index (χ4v) is 2.31. The number of carboxylic acids is 1. The summed E-state index contributed by atoms with van der Waals surface area (Å²) < 4.78 is 7.03. The second kappa shape index (κ2) is 4.48. The third-order valence-corrected chi connectivity index (χ3v) is 3.18. The molecule has 1 N–H and O–H groups in total.